The van der Waals surface area contributed by atoms with Crippen LogP contribution in [0.4, 0.5) is 35.0 Å². The molecule has 11 heteroatoms. The smallest absolute Gasteiger partial charge is 0.257 e. The Labute approximate surface area is 163 Å². The lowest BCUT2D eigenvalue weighted by atomic mass is 10.2. The van der Waals surface area contributed by atoms with Crippen LogP contribution in [0.2, 0.25) is 0 Å². The average Bonchev–Trinajstić information content (AvgIpc) is 3.00. The van der Waals surface area contributed by atoms with Gasteiger partial charge >= 0.3 is 0 Å². The van der Waals surface area contributed by atoms with Gasteiger partial charge in [0.2, 0.25) is 5.95 Å². The van der Waals surface area contributed by atoms with Crippen LogP contribution in [-0.4, -0.2) is 32.4 Å². The lowest BCUT2D eigenvalue weighted by Crippen LogP contribution is -2.09. The third-order valence-corrected chi connectivity index (χ3v) is 3.94. The third kappa shape index (κ3) is 5.06. The van der Waals surface area contributed by atoms with E-state index in [0.29, 0.717) is 16.9 Å². The fourth-order valence-electron chi connectivity index (χ4n) is 2.55. The van der Waals surface area contributed by atoms with Gasteiger partial charge in [-0.3, -0.25) is 4.68 Å². The first-order valence-corrected chi connectivity index (χ1v) is 8.50. The molecule has 2 aromatic heterocycles. The van der Waals surface area contributed by atoms with Gasteiger partial charge in [-0.15, -0.1) is 0 Å². The van der Waals surface area contributed by atoms with Crippen molar-refractivity contribution in [1.82, 2.24) is 19.7 Å². The first kappa shape index (κ1) is 20.2. The van der Waals surface area contributed by atoms with Crippen molar-refractivity contribution in [3.05, 3.63) is 59.0 Å². The second-order valence-corrected chi connectivity index (χ2v) is 6.10. The van der Waals surface area contributed by atoms with Crippen LogP contribution in [0.15, 0.2) is 30.6 Å². The Bertz CT molecular complexity index is 1020. The van der Waals surface area contributed by atoms with Crippen LogP contribution in [-0.2, 0) is 13.1 Å². The van der Waals surface area contributed by atoms with Gasteiger partial charge in [0, 0.05) is 30.7 Å². The zero-order chi connectivity index (χ0) is 21.0. The molecule has 0 aliphatic heterocycles. The first-order valence-electron chi connectivity index (χ1n) is 8.50. The van der Waals surface area contributed by atoms with E-state index in [1.54, 1.807) is 6.92 Å². The number of halogens is 4. The van der Waals surface area contributed by atoms with Crippen LogP contribution in [0.3, 0.4) is 0 Å². The molecule has 0 aliphatic rings. The van der Waals surface area contributed by atoms with E-state index in [2.05, 4.69) is 25.7 Å². The zero-order valence-electron chi connectivity index (χ0n) is 15.3. The van der Waals surface area contributed by atoms with Crippen molar-refractivity contribution in [2.75, 3.05) is 10.6 Å². The summed E-state index contributed by atoms with van der Waals surface area (Å²) in [5.41, 5.74) is 1.34. The molecule has 3 N–H and O–H groups in total. The molecule has 29 heavy (non-hydrogen) atoms. The van der Waals surface area contributed by atoms with E-state index in [0.717, 1.165) is 29.1 Å². The Morgan fingerprint density at radius 1 is 1.28 bits per heavy atom. The molecule has 0 saturated heterocycles. The molecule has 152 valence electrons. The van der Waals surface area contributed by atoms with Crippen molar-refractivity contribution in [2.45, 2.75) is 26.4 Å². The second kappa shape index (κ2) is 8.67. The minimum Gasteiger partial charge on any atom is -0.365 e. The fraction of sp³-hybridized carbons (Fsp3) is 0.222. The molecular weight excluding hydrogens is 390 g/mol. The normalized spacial score (nSPS) is 11.0. The molecule has 0 unspecified atom stereocenters. The Kier molecular flexibility index (Phi) is 6.05. The number of anilines is 3. The second-order valence-electron chi connectivity index (χ2n) is 6.10. The van der Waals surface area contributed by atoms with Gasteiger partial charge in [0.15, 0.2) is 0 Å². The number of nitrogens with zero attached hydrogens (tertiary/aromatic N) is 4. The predicted octanol–water partition coefficient (Wildman–Crippen LogP) is 3.88. The summed E-state index contributed by atoms with van der Waals surface area (Å²) >= 11 is 0. The van der Waals surface area contributed by atoms with E-state index < -0.39 is 24.6 Å². The molecule has 2 heterocycles. The average molecular weight is 407 g/mol. The number of rotatable bonds is 8. The molecule has 0 amide bonds. The highest BCUT2D eigenvalue weighted by molar-refractivity contribution is 5.84. The van der Waals surface area contributed by atoms with Crippen molar-refractivity contribution in [3.63, 3.8) is 0 Å². The van der Waals surface area contributed by atoms with Crippen LogP contribution in [0, 0.1) is 24.0 Å². The number of aromatic nitrogens is 4. The molecule has 0 fully saturated rings. The number of aryl methyl sites for hydroxylation is 1. The van der Waals surface area contributed by atoms with E-state index in [-0.39, 0.29) is 23.9 Å². The van der Waals surface area contributed by atoms with E-state index in [9.17, 15) is 17.6 Å². The third-order valence-electron chi connectivity index (χ3n) is 3.94. The molecule has 0 aliphatic carbocycles. The number of hydrogen-bond acceptors (Lipinski definition) is 6. The Morgan fingerprint density at radius 3 is 2.79 bits per heavy atom. The van der Waals surface area contributed by atoms with E-state index in [1.165, 1.54) is 12.4 Å². The molecule has 3 rings (SSSR count). The maximum Gasteiger partial charge on any atom is 0.257 e. The minimum absolute atomic E-state index is 0.0633. The molecule has 0 spiro atoms. The quantitative estimate of drug-likeness (QED) is 0.389. The summed E-state index contributed by atoms with van der Waals surface area (Å²) in [5.74, 6) is -0.808. The summed E-state index contributed by atoms with van der Waals surface area (Å²) < 4.78 is 53.3. The molecule has 0 radical (unpaired) electrons. The lowest BCUT2D eigenvalue weighted by molar-refractivity contribution is 0.121. The van der Waals surface area contributed by atoms with E-state index in [1.807, 2.05) is 0 Å². The maximum atomic E-state index is 13.8. The van der Waals surface area contributed by atoms with Crippen molar-refractivity contribution in [2.24, 2.45) is 0 Å². The molecule has 1 aromatic carbocycles. The topological polar surface area (TPSA) is 91.5 Å². The standard InChI is InChI=1S/C18H17F4N7/c1-10-15(8-29(28-10)9-16(21)22)26-18-25-7-12(5-23)17(27-18)24-6-11-4-13(19)2-3-14(11)20/h2-5,7-8,16,23H,6,9H2,1H3,(H2,24,25,26,27). The van der Waals surface area contributed by atoms with Gasteiger partial charge in [0.05, 0.1) is 16.9 Å². The lowest BCUT2D eigenvalue weighted by Gasteiger charge is -2.11. The van der Waals surface area contributed by atoms with Gasteiger partial charge in [-0.1, -0.05) is 0 Å². The summed E-state index contributed by atoms with van der Waals surface area (Å²) in [4.78, 5) is 8.30. The van der Waals surface area contributed by atoms with Crippen LogP contribution >= 0.6 is 0 Å². The number of nitrogens with one attached hydrogen (secondary N) is 3. The minimum atomic E-state index is -2.54. The summed E-state index contributed by atoms with van der Waals surface area (Å²) in [6, 6.07) is 3.11. The van der Waals surface area contributed by atoms with Crippen LogP contribution < -0.4 is 10.6 Å². The molecule has 7 nitrogen and oxygen atoms in total. The van der Waals surface area contributed by atoms with E-state index in [4.69, 9.17) is 5.41 Å². The van der Waals surface area contributed by atoms with Crippen molar-refractivity contribution >= 4 is 23.7 Å². The number of benzene rings is 1. The molecule has 0 atom stereocenters. The fourth-order valence-corrected chi connectivity index (χ4v) is 2.55. The molecule has 0 bridgehead atoms. The molecule has 3 aromatic rings. The van der Waals surface area contributed by atoms with Crippen molar-refractivity contribution in [3.8, 4) is 0 Å². The van der Waals surface area contributed by atoms with Crippen molar-refractivity contribution < 1.29 is 17.6 Å². The van der Waals surface area contributed by atoms with Gasteiger partial charge in [0.25, 0.3) is 6.43 Å². The monoisotopic (exact) mass is 407 g/mol. The number of hydrogen-bond donors (Lipinski definition) is 3. The summed E-state index contributed by atoms with van der Waals surface area (Å²) in [5, 5.41) is 17.2. The van der Waals surface area contributed by atoms with Gasteiger partial charge in [-0.25, -0.2) is 22.5 Å². The zero-order valence-corrected chi connectivity index (χ0v) is 15.3. The number of alkyl halides is 2. The Balaban J connectivity index is 1.79. The SMILES string of the molecule is Cc1nn(CC(F)F)cc1Nc1ncc(C=N)c(NCc2cc(F)ccc2F)n1. The van der Waals surface area contributed by atoms with Gasteiger partial charge in [-0.2, -0.15) is 10.1 Å². The van der Waals surface area contributed by atoms with Gasteiger partial charge in [-0.05, 0) is 25.1 Å². The summed E-state index contributed by atoms with van der Waals surface area (Å²) in [6.07, 6.45) is 1.25. The first-order chi connectivity index (χ1) is 13.9. The van der Waals surface area contributed by atoms with E-state index >= 15 is 0 Å². The highest BCUT2D eigenvalue weighted by Crippen LogP contribution is 2.20. The Hall–Kier alpha value is -3.50. The van der Waals surface area contributed by atoms with Crippen LogP contribution in [0.25, 0.3) is 0 Å². The maximum absolute atomic E-state index is 13.8. The predicted molar refractivity (Wildman–Crippen MR) is 99.9 cm³/mol. The van der Waals surface area contributed by atoms with Crippen LogP contribution in [0.1, 0.15) is 16.8 Å². The van der Waals surface area contributed by atoms with Gasteiger partial charge < -0.3 is 16.0 Å². The highest BCUT2D eigenvalue weighted by Gasteiger charge is 2.12. The van der Waals surface area contributed by atoms with Crippen molar-refractivity contribution in [1.29, 1.82) is 5.41 Å². The summed E-state index contributed by atoms with van der Waals surface area (Å²) in [6.45, 7) is 1.04. The molecular formula is C18H17F4N7. The largest absolute Gasteiger partial charge is 0.365 e. The van der Waals surface area contributed by atoms with Crippen LogP contribution in [0.5, 0.6) is 0 Å². The van der Waals surface area contributed by atoms with Gasteiger partial charge in [0.1, 0.15) is 24.0 Å². The highest BCUT2D eigenvalue weighted by atomic mass is 19.3. The molecule has 0 saturated carbocycles. The summed E-state index contributed by atoms with van der Waals surface area (Å²) in [7, 11) is 0. The Morgan fingerprint density at radius 2 is 2.07 bits per heavy atom.